The zero-order valence-corrected chi connectivity index (χ0v) is 39.8. The first-order valence-electron chi connectivity index (χ1n) is 26.2. The smallest absolute Gasteiger partial charge is 0.306 e. The van der Waals surface area contributed by atoms with E-state index in [0.29, 0.717) is 19.6 Å². The lowest BCUT2D eigenvalue weighted by atomic mass is 10.0. The Balaban J connectivity index is 3.41. The lowest BCUT2D eigenvalue weighted by molar-refractivity contribution is -0.154. The van der Waals surface area contributed by atoms with E-state index in [0.717, 1.165) is 32.1 Å². The summed E-state index contributed by atoms with van der Waals surface area (Å²) >= 11 is 0. The fourth-order valence-electron chi connectivity index (χ4n) is 7.69. The minimum absolute atomic E-state index is 0.174. The molecule has 0 bridgehead atoms. The van der Waals surface area contributed by atoms with Crippen LogP contribution in [0.1, 0.15) is 271 Å². The van der Waals surface area contributed by atoms with Crippen molar-refractivity contribution in [3.63, 3.8) is 0 Å². The van der Waals surface area contributed by atoms with Crippen molar-refractivity contribution in [1.82, 2.24) is 0 Å². The summed E-state index contributed by atoms with van der Waals surface area (Å²) in [4.78, 5) is 12.3. The standard InChI is InChI=1S/C55H102O4/c1-3-5-7-9-11-13-15-17-19-21-23-25-27-29-31-33-35-37-39-41-43-45-47-49-51-58-53-54(52-56)59-55(57)50-48-46-44-42-40-38-36-34-32-30-28-26-24-22-20-18-16-14-12-10-8-6-4-2/h16,18,21-24,28,30,54,56H,3-15,17,19-20,25-27,29,31-53H2,1-2H3/b18-16-,23-21-,24-22-,30-28-. The Morgan fingerprint density at radius 1 is 0.407 bits per heavy atom. The number of esters is 1. The minimum atomic E-state index is -0.540. The van der Waals surface area contributed by atoms with E-state index in [9.17, 15) is 9.90 Å². The molecule has 0 aliphatic carbocycles. The quantitative estimate of drug-likeness (QED) is 0.0377. The zero-order valence-electron chi connectivity index (χ0n) is 39.8. The molecule has 0 spiro atoms. The van der Waals surface area contributed by atoms with Crippen LogP contribution in [0, 0.1) is 0 Å². The molecule has 0 saturated carbocycles. The first-order valence-corrected chi connectivity index (χ1v) is 26.2. The Bertz CT molecular complexity index is 920. The molecule has 0 amide bonds. The third kappa shape index (κ3) is 50.6. The van der Waals surface area contributed by atoms with E-state index in [4.69, 9.17) is 9.47 Å². The number of hydrogen-bond acceptors (Lipinski definition) is 4. The monoisotopic (exact) mass is 827 g/mol. The topological polar surface area (TPSA) is 55.8 Å². The molecule has 1 atom stereocenters. The fourth-order valence-corrected chi connectivity index (χ4v) is 7.69. The van der Waals surface area contributed by atoms with Gasteiger partial charge in [0.1, 0.15) is 6.10 Å². The molecule has 0 aliphatic heterocycles. The van der Waals surface area contributed by atoms with Gasteiger partial charge in [0.25, 0.3) is 0 Å². The van der Waals surface area contributed by atoms with Gasteiger partial charge < -0.3 is 14.6 Å². The maximum absolute atomic E-state index is 12.3. The maximum Gasteiger partial charge on any atom is 0.306 e. The molecular weight excluding hydrogens is 725 g/mol. The van der Waals surface area contributed by atoms with Crippen molar-refractivity contribution in [1.29, 1.82) is 0 Å². The molecule has 0 fully saturated rings. The lowest BCUT2D eigenvalue weighted by Gasteiger charge is -2.16. The van der Waals surface area contributed by atoms with Crippen LogP contribution in [0.4, 0.5) is 0 Å². The Morgan fingerprint density at radius 2 is 0.712 bits per heavy atom. The van der Waals surface area contributed by atoms with Crippen LogP contribution in [0.2, 0.25) is 0 Å². The molecule has 4 heteroatoms. The predicted molar refractivity (Wildman–Crippen MR) is 260 cm³/mol. The summed E-state index contributed by atoms with van der Waals surface area (Å²) in [6.45, 7) is 5.36. The highest BCUT2D eigenvalue weighted by molar-refractivity contribution is 5.69. The normalized spacial score (nSPS) is 12.7. The number of allylic oxidation sites excluding steroid dienone is 8. The fraction of sp³-hybridized carbons (Fsp3) is 0.836. The van der Waals surface area contributed by atoms with Gasteiger partial charge in [-0.15, -0.1) is 0 Å². The van der Waals surface area contributed by atoms with Crippen LogP contribution in [0.3, 0.4) is 0 Å². The molecule has 0 aliphatic rings. The number of aliphatic hydroxyl groups is 1. The largest absolute Gasteiger partial charge is 0.457 e. The SMILES string of the molecule is CCCCCCC/C=C\C/C=C\C/C=C\CCCCCCCCCCC(=O)OC(CO)COCCCCCCCCCCCCCC/C=C\CCCCCCCCCC. The first-order chi connectivity index (χ1) is 29.2. The van der Waals surface area contributed by atoms with Crippen LogP contribution in [0.25, 0.3) is 0 Å². The average molecular weight is 827 g/mol. The molecule has 0 aromatic carbocycles. The van der Waals surface area contributed by atoms with Crippen molar-refractivity contribution in [2.45, 2.75) is 277 Å². The molecule has 0 aromatic heterocycles. The summed E-state index contributed by atoms with van der Waals surface area (Å²) in [6, 6.07) is 0. The van der Waals surface area contributed by atoms with Crippen molar-refractivity contribution < 1.29 is 19.4 Å². The van der Waals surface area contributed by atoms with Crippen molar-refractivity contribution in [2.24, 2.45) is 0 Å². The number of unbranched alkanes of at least 4 members (excludes halogenated alkanes) is 33. The van der Waals surface area contributed by atoms with Crippen LogP contribution in [0.15, 0.2) is 48.6 Å². The first kappa shape index (κ1) is 57.3. The summed E-state index contributed by atoms with van der Waals surface area (Å²) < 4.78 is 11.2. The molecule has 346 valence electrons. The second-order valence-electron chi connectivity index (χ2n) is 17.6. The summed E-state index contributed by atoms with van der Waals surface area (Å²) in [7, 11) is 0. The molecule has 1 unspecified atom stereocenters. The second-order valence-corrected chi connectivity index (χ2v) is 17.6. The van der Waals surface area contributed by atoms with Crippen molar-refractivity contribution in [3.05, 3.63) is 48.6 Å². The molecule has 0 rings (SSSR count). The summed E-state index contributed by atoms with van der Waals surface area (Å²) in [5.41, 5.74) is 0. The highest BCUT2D eigenvalue weighted by Gasteiger charge is 2.13. The summed E-state index contributed by atoms with van der Waals surface area (Å²) in [5, 5.41) is 9.66. The summed E-state index contributed by atoms with van der Waals surface area (Å²) in [6.07, 6.45) is 69.2. The van der Waals surface area contributed by atoms with E-state index < -0.39 is 6.10 Å². The predicted octanol–water partition coefficient (Wildman–Crippen LogP) is 17.8. The number of carbonyl (C=O) groups is 1. The Hall–Kier alpha value is -1.65. The Labute approximate surface area is 369 Å². The van der Waals surface area contributed by atoms with Gasteiger partial charge in [-0.25, -0.2) is 0 Å². The van der Waals surface area contributed by atoms with Gasteiger partial charge in [0.05, 0.1) is 13.2 Å². The van der Waals surface area contributed by atoms with Gasteiger partial charge in [0.15, 0.2) is 0 Å². The molecule has 0 radical (unpaired) electrons. The number of hydrogen-bond donors (Lipinski definition) is 1. The third-order valence-electron chi connectivity index (χ3n) is 11.6. The Morgan fingerprint density at radius 3 is 1.08 bits per heavy atom. The van der Waals surface area contributed by atoms with Gasteiger partial charge in [-0.3, -0.25) is 4.79 Å². The number of ether oxygens (including phenoxy) is 2. The molecule has 0 aromatic rings. The van der Waals surface area contributed by atoms with Crippen LogP contribution in [0.5, 0.6) is 0 Å². The van der Waals surface area contributed by atoms with Crippen LogP contribution >= 0.6 is 0 Å². The molecule has 0 heterocycles. The van der Waals surface area contributed by atoms with Crippen LogP contribution in [-0.4, -0.2) is 37.0 Å². The number of carbonyl (C=O) groups excluding carboxylic acids is 1. The van der Waals surface area contributed by atoms with Crippen LogP contribution in [-0.2, 0) is 14.3 Å². The summed E-state index contributed by atoms with van der Waals surface area (Å²) in [5.74, 6) is -0.205. The van der Waals surface area contributed by atoms with Crippen molar-refractivity contribution >= 4 is 5.97 Å². The van der Waals surface area contributed by atoms with Crippen molar-refractivity contribution in [2.75, 3.05) is 19.8 Å². The third-order valence-corrected chi connectivity index (χ3v) is 11.6. The Kier molecular flexibility index (Phi) is 51.0. The highest BCUT2D eigenvalue weighted by Crippen LogP contribution is 2.15. The molecule has 1 N–H and O–H groups in total. The molecular formula is C55H102O4. The number of aliphatic hydroxyl groups excluding tert-OH is 1. The van der Waals surface area contributed by atoms with E-state index in [1.165, 1.54) is 218 Å². The number of rotatable bonds is 49. The van der Waals surface area contributed by atoms with E-state index in [1.54, 1.807) is 0 Å². The molecule has 0 saturated heterocycles. The van der Waals surface area contributed by atoms with E-state index >= 15 is 0 Å². The van der Waals surface area contributed by atoms with Crippen LogP contribution < -0.4 is 0 Å². The molecule has 4 nitrogen and oxygen atoms in total. The van der Waals surface area contributed by atoms with Gasteiger partial charge >= 0.3 is 5.97 Å². The van der Waals surface area contributed by atoms with Gasteiger partial charge in [0.2, 0.25) is 0 Å². The average Bonchev–Trinajstić information content (AvgIpc) is 3.24. The van der Waals surface area contributed by atoms with Gasteiger partial charge in [-0.1, -0.05) is 236 Å². The van der Waals surface area contributed by atoms with Gasteiger partial charge in [0, 0.05) is 13.0 Å². The van der Waals surface area contributed by atoms with E-state index in [-0.39, 0.29) is 12.6 Å². The van der Waals surface area contributed by atoms with Crippen molar-refractivity contribution in [3.8, 4) is 0 Å². The lowest BCUT2D eigenvalue weighted by Crippen LogP contribution is -2.27. The minimum Gasteiger partial charge on any atom is -0.457 e. The van der Waals surface area contributed by atoms with E-state index in [1.807, 2.05) is 0 Å². The maximum atomic E-state index is 12.3. The molecule has 59 heavy (non-hydrogen) atoms. The highest BCUT2D eigenvalue weighted by atomic mass is 16.6. The second kappa shape index (κ2) is 52.5. The zero-order chi connectivity index (χ0) is 42.6. The van der Waals surface area contributed by atoms with Gasteiger partial charge in [-0.05, 0) is 77.0 Å². The van der Waals surface area contributed by atoms with Gasteiger partial charge in [-0.2, -0.15) is 0 Å². The van der Waals surface area contributed by atoms with E-state index in [2.05, 4.69) is 62.5 Å².